The Hall–Kier alpha value is -1.59. The van der Waals surface area contributed by atoms with Gasteiger partial charge >= 0.3 is 0 Å². The molecule has 2 amide bonds. The van der Waals surface area contributed by atoms with Crippen LogP contribution in [0.25, 0.3) is 0 Å². The fourth-order valence-corrected chi connectivity index (χ4v) is 1.50. The molecule has 5 N–H and O–H groups in total. The van der Waals surface area contributed by atoms with Gasteiger partial charge in [-0.15, -0.1) is 0 Å². The van der Waals surface area contributed by atoms with Gasteiger partial charge in [0.2, 0.25) is 11.8 Å². The van der Waals surface area contributed by atoms with E-state index in [1.54, 1.807) is 13.0 Å². The number of carbonyl (C=O) groups is 2. The Bertz CT molecular complexity index is 486. The molecular weight excluding hydrogens is 254 g/mol. The maximum atomic E-state index is 11.8. The van der Waals surface area contributed by atoms with Gasteiger partial charge in [-0.2, -0.15) is 0 Å². The highest BCUT2D eigenvalue weighted by Gasteiger charge is 2.26. The Labute approximate surface area is 110 Å². The molecule has 0 saturated heterocycles. The Kier molecular flexibility index (Phi) is 4.32. The van der Waals surface area contributed by atoms with E-state index >= 15 is 0 Å². The first-order chi connectivity index (χ1) is 8.27. The van der Waals surface area contributed by atoms with Crippen LogP contribution in [0.4, 0.5) is 5.69 Å². The van der Waals surface area contributed by atoms with Gasteiger partial charge in [-0.05, 0) is 31.5 Å². The molecule has 0 aliphatic heterocycles. The molecule has 0 radical (unpaired) electrons. The molecule has 1 aromatic rings. The zero-order chi connectivity index (χ0) is 13.9. The standard InChI is InChI=1S/C12H16ClN3O2/c1-3-12(2,15)11(18)16-7-4-5-8(10(14)17)9(13)6-7/h4-6H,3,15H2,1-2H3,(H2,14,17)(H,16,18). The molecule has 1 atom stereocenters. The first kappa shape index (κ1) is 14.5. The third-order valence-corrected chi connectivity index (χ3v) is 3.06. The highest BCUT2D eigenvalue weighted by Crippen LogP contribution is 2.21. The molecular formula is C12H16ClN3O2. The van der Waals surface area contributed by atoms with Crippen LogP contribution in [0.2, 0.25) is 5.02 Å². The number of rotatable bonds is 4. The van der Waals surface area contributed by atoms with E-state index in [-0.39, 0.29) is 16.5 Å². The smallest absolute Gasteiger partial charge is 0.250 e. The van der Waals surface area contributed by atoms with Crippen molar-refractivity contribution in [2.45, 2.75) is 25.8 Å². The first-order valence-electron chi connectivity index (χ1n) is 5.47. The average Bonchev–Trinajstić information content (AvgIpc) is 2.28. The average molecular weight is 270 g/mol. The third-order valence-electron chi connectivity index (χ3n) is 2.75. The van der Waals surface area contributed by atoms with Crippen LogP contribution in [0.1, 0.15) is 30.6 Å². The lowest BCUT2D eigenvalue weighted by atomic mass is 9.99. The summed E-state index contributed by atoms with van der Waals surface area (Å²) in [5.74, 6) is -0.928. The summed E-state index contributed by atoms with van der Waals surface area (Å²) in [5, 5.41) is 2.83. The quantitative estimate of drug-likeness (QED) is 0.772. The van der Waals surface area contributed by atoms with Gasteiger partial charge in [-0.3, -0.25) is 9.59 Å². The van der Waals surface area contributed by atoms with E-state index in [1.165, 1.54) is 12.1 Å². The second-order valence-electron chi connectivity index (χ2n) is 4.28. The molecule has 98 valence electrons. The molecule has 5 nitrogen and oxygen atoms in total. The predicted octanol–water partition coefficient (Wildman–Crippen LogP) is 1.50. The van der Waals surface area contributed by atoms with Crippen LogP contribution in [0.3, 0.4) is 0 Å². The van der Waals surface area contributed by atoms with Gasteiger partial charge in [0.15, 0.2) is 0 Å². The lowest BCUT2D eigenvalue weighted by Crippen LogP contribution is -2.47. The van der Waals surface area contributed by atoms with Gasteiger partial charge in [-0.25, -0.2) is 0 Å². The van der Waals surface area contributed by atoms with E-state index < -0.39 is 11.4 Å². The number of nitrogens with two attached hydrogens (primary N) is 2. The largest absolute Gasteiger partial charge is 0.366 e. The number of amides is 2. The molecule has 0 saturated carbocycles. The van der Waals surface area contributed by atoms with Crippen molar-refractivity contribution in [3.8, 4) is 0 Å². The maximum Gasteiger partial charge on any atom is 0.250 e. The zero-order valence-corrected chi connectivity index (χ0v) is 11.0. The SMILES string of the molecule is CCC(C)(N)C(=O)Nc1ccc(C(N)=O)c(Cl)c1. The van der Waals surface area contributed by atoms with Crippen molar-refractivity contribution in [2.75, 3.05) is 5.32 Å². The molecule has 18 heavy (non-hydrogen) atoms. The second kappa shape index (κ2) is 5.37. The van der Waals surface area contributed by atoms with Crippen molar-refractivity contribution >= 4 is 29.1 Å². The highest BCUT2D eigenvalue weighted by molar-refractivity contribution is 6.34. The van der Waals surface area contributed by atoms with Crippen molar-refractivity contribution in [3.05, 3.63) is 28.8 Å². The summed E-state index contributed by atoms with van der Waals surface area (Å²) in [6.07, 6.45) is 0.506. The topological polar surface area (TPSA) is 98.2 Å². The number of hydrogen-bond donors (Lipinski definition) is 3. The third kappa shape index (κ3) is 3.21. The Morgan fingerprint density at radius 2 is 2.06 bits per heavy atom. The van der Waals surface area contributed by atoms with Crippen molar-refractivity contribution < 1.29 is 9.59 Å². The highest BCUT2D eigenvalue weighted by atomic mass is 35.5. The predicted molar refractivity (Wildman–Crippen MR) is 71.5 cm³/mol. The lowest BCUT2D eigenvalue weighted by molar-refractivity contribution is -0.120. The van der Waals surface area contributed by atoms with Crippen LogP contribution in [-0.2, 0) is 4.79 Å². The molecule has 0 heterocycles. The summed E-state index contributed by atoms with van der Waals surface area (Å²) in [7, 11) is 0. The Morgan fingerprint density at radius 3 is 2.50 bits per heavy atom. The number of carbonyl (C=O) groups excluding carboxylic acids is 2. The molecule has 6 heteroatoms. The van der Waals surface area contributed by atoms with E-state index in [9.17, 15) is 9.59 Å². The van der Waals surface area contributed by atoms with Gasteiger partial charge in [-0.1, -0.05) is 18.5 Å². The molecule has 0 fully saturated rings. The molecule has 0 aromatic heterocycles. The van der Waals surface area contributed by atoms with Gasteiger partial charge < -0.3 is 16.8 Å². The van der Waals surface area contributed by atoms with Crippen molar-refractivity contribution in [2.24, 2.45) is 11.5 Å². The van der Waals surface area contributed by atoms with E-state index in [4.69, 9.17) is 23.1 Å². The first-order valence-corrected chi connectivity index (χ1v) is 5.85. The Morgan fingerprint density at radius 1 is 1.44 bits per heavy atom. The normalized spacial score (nSPS) is 13.8. The van der Waals surface area contributed by atoms with Crippen molar-refractivity contribution in [3.63, 3.8) is 0 Å². The molecule has 0 aliphatic rings. The fraction of sp³-hybridized carbons (Fsp3) is 0.333. The van der Waals surface area contributed by atoms with Gasteiger partial charge in [0.25, 0.3) is 0 Å². The summed E-state index contributed by atoms with van der Waals surface area (Å²) in [4.78, 5) is 22.8. The molecule has 0 aliphatic carbocycles. The van der Waals surface area contributed by atoms with E-state index in [0.29, 0.717) is 12.1 Å². The Balaban J connectivity index is 2.91. The number of benzene rings is 1. The number of nitrogens with one attached hydrogen (secondary N) is 1. The van der Waals surface area contributed by atoms with E-state index in [1.807, 2.05) is 6.92 Å². The minimum Gasteiger partial charge on any atom is -0.366 e. The summed E-state index contributed by atoms with van der Waals surface area (Å²) >= 11 is 5.87. The van der Waals surface area contributed by atoms with E-state index in [0.717, 1.165) is 0 Å². The summed E-state index contributed by atoms with van der Waals surface area (Å²) in [5.41, 5.74) is 10.7. The van der Waals surface area contributed by atoms with Crippen LogP contribution >= 0.6 is 11.6 Å². The summed E-state index contributed by atoms with van der Waals surface area (Å²) < 4.78 is 0. The summed E-state index contributed by atoms with van der Waals surface area (Å²) in [6.45, 7) is 3.46. The number of hydrogen-bond acceptors (Lipinski definition) is 3. The lowest BCUT2D eigenvalue weighted by Gasteiger charge is -2.21. The van der Waals surface area contributed by atoms with Crippen molar-refractivity contribution in [1.29, 1.82) is 0 Å². The van der Waals surface area contributed by atoms with Gasteiger partial charge in [0, 0.05) is 5.69 Å². The number of halogens is 1. The minimum absolute atomic E-state index is 0.190. The molecule has 1 aromatic carbocycles. The monoisotopic (exact) mass is 269 g/mol. The van der Waals surface area contributed by atoms with Gasteiger partial charge in [0.1, 0.15) is 0 Å². The minimum atomic E-state index is -0.950. The second-order valence-corrected chi connectivity index (χ2v) is 4.69. The molecule has 1 unspecified atom stereocenters. The number of anilines is 1. The maximum absolute atomic E-state index is 11.8. The molecule has 0 bridgehead atoms. The molecule has 1 rings (SSSR count). The van der Waals surface area contributed by atoms with Crippen LogP contribution in [0.15, 0.2) is 18.2 Å². The van der Waals surface area contributed by atoms with E-state index in [2.05, 4.69) is 5.32 Å². The van der Waals surface area contributed by atoms with Crippen LogP contribution in [-0.4, -0.2) is 17.4 Å². The molecule has 0 spiro atoms. The fourth-order valence-electron chi connectivity index (χ4n) is 1.23. The van der Waals surface area contributed by atoms with Crippen LogP contribution in [0.5, 0.6) is 0 Å². The van der Waals surface area contributed by atoms with Crippen LogP contribution < -0.4 is 16.8 Å². The number of primary amides is 1. The zero-order valence-electron chi connectivity index (χ0n) is 10.3. The van der Waals surface area contributed by atoms with Crippen molar-refractivity contribution in [1.82, 2.24) is 0 Å². The van der Waals surface area contributed by atoms with Crippen LogP contribution in [0, 0.1) is 0 Å². The van der Waals surface area contributed by atoms with Gasteiger partial charge in [0.05, 0.1) is 16.1 Å². The summed E-state index contributed by atoms with van der Waals surface area (Å²) in [6, 6.07) is 4.47.